The van der Waals surface area contributed by atoms with Crippen LogP contribution in [0.4, 0.5) is 0 Å². The largest absolute Gasteiger partial charge is 0.481 e. The number of aliphatic carboxylic acids is 1. The molecular weight excluding hydrogens is 218 g/mol. The van der Waals surface area contributed by atoms with Crippen molar-refractivity contribution in [2.45, 2.75) is 25.2 Å². The zero-order valence-electron chi connectivity index (χ0n) is 10.2. The molecule has 0 heterocycles. The number of nitrogens with two attached hydrogens (primary N) is 1. The summed E-state index contributed by atoms with van der Waals surface area (Å²) in [5, 5.41) is 18.5. The summed E-state index contributed by atoms with van der Waals surface area (Å²) in [6.07, 6.45) is 0. The van der Waals surface area contributed by atoms with Crippen LogP contribution in [-0.2, 0) is 10.2 Å². The molecule has 0 aliphatic carbocycles. The Morgan fingerprint density at radius 1 is 1.41 bits per heavy atom. The third kappa shape index (κ3) is 2.84. The van der Waals surface area contributed by atoms with Crippen molar-refractivity contribution in [2.24, 2.45) is 5.73 Å². The van der Waals surface area contributed by atoms with Gasteiger partial charge in [-0.25, -0.2) is 0 Å². The zero-order valence-corrected chi connectivity index (χ0v) is 10.2. The average Bonchev–Trinajstić information content (AvgIpc) is 2.30. The molecule has 0 fully saturated rings. The van der Waals surface area contributed by atoms with E-state index in [1.165, 1.54) is 0 Å². The number of rotatable bonds is 5. The van der Waals surface area contributed by atoms with Crippen LogP contribution in [0.3, 0.4) is 0 Å². The van der Waals surface area contributed by atoms with E-state index in [1.807, 2.05) is 26.0 Å². The molecule has 1 unspecified atom stereocenters. The summed E-state index contributed by atoms with van der Waals surface area (Å²) in [6.45, 7) is 3.76. The van der Waals surface area contributed by atoms with Crippen molar-refractivity contribution >= 4 is 5.97 Å². The molecular formula is C13H19NO3. The third-order valence-corrected chi connectivity index (χ3v) is 2.99. The van der Waals surface area contributed by atoms with Crippen LogP contribution in [0.5, 0.6) is 0 Å². The molecule has 4 heteroatoms. The highest BCUT2D eigenvalue weighted by molar-refractivity contribution is 5.77. The number of carbonyl (C=O) groups is 1. The molecule has 4 nitrogen and oxygen atoms in total. The predicted molar refractivity (Wildman–Crippen MR) is 66.0 cm³/mol. The summed E-state index contributed by atoms with van der Waals surface area (Å²) in [6, 6.07) is 7.24. The minimum Gasteiger partial charge on any atom is -0.481 e. The summed E-state index contributed by atoms with van der Waals surface area (Å²) in [5.41, 5.74) is 6.56. The van der Waals surface area contributed by atoms with E-state index >= 15 is 0 Å². The van der Waals surface area contributed by atoms with Gasteiger partial charge in [-0.1, -0.05) is 38.1 Å². The van der Waals surface area contributed by atoms with Gasteiger partial charge in [0.1, 0.15) is 0 Å². The lowest BCUT2D eigenvalue weighted by Crippen LogP contribution is -2.28. The molecule has 0 saturated carbocycles. The molecule has 0 radical (unpaired) electrons. The van der Waals surface area contributed by atoms with Crippen LogP contribution in [0.25, 0.3) is 0 Å². The second kappa shape index (κ2) is 5.29. The monoisotopic (exact) mass is 237 g/mol. The van der Waals surface area contributed by atoms with Gasteiger partial charge in [-0.05, 0) is 11.1 Å². The standard InChI is InChI=1S/C13H19NO3/c1-13(2,8-15)11-6-4-3-5-9(11)10(7-14)12(16)17/h3-6,10,15H,7-8,14H2,1-2H3,(H,16,17). The van der Waals surface area contributed by atoms with Crippen LogP contribution in [0.2, 0.25) is 0 Å². The third-order valence-electron chi connectivity index (χ3n) is 2.99. The summed E-state index contributed by atoms with van der Waals surface area (Å²) in [7, 11) is 0. The van der Waals surface area contributed by atoms with E-state index in [1.54, 1.807) is 12.1 Å². The number of hydrogen-bond donors (Lipinski definition) is 3. The zero-order chi connectivity index (χ0) is 13.1. The molecule has 17 heavy (non-hydrogen) atoms. The first-order chi connectivity index (χ1) is 7.94. The lowest BCUT2D eigenvalue weighted by atomic mass is 9.79. The van der Waals surface area contributed by atoms with Crippen molar-refractivity contribution in [3.8, 4) is 0 Å². The molecule has 94 valence electrons. The van der Waals surface area contributed by atoms with E-state index in [2.05, 4.69) is 0 Å². The molecule has 0 aromatic heterocycles. The fourth-order valence-electron chi connectivity index (χ4n) is 1.86. The molecule has 0 bridgehead atoms. The number of carboxylic acid groups (broad SMARTS) is 1. The average molecular weight is 237 g/mol. The van der Waals surface area contributed by atoms with Gasteiger partial charge < -0.3 is 15.9 Å². The Morgan fingerprint density at radius 2 is 2.00 bits per heavy atom. The summed E-state index contributed by atoms with van der Waals surface area (Å²) in [5.74, 6) is -1.66. The first kappa shape index (κ1) is 13.7. The molecule has 0 spiro atoms. The number of hydrogen-bond acceptors (Lipinski definition) is 3. The Hall–Kier alpha value is -1.39. The van der Waals surface area contributed by atoms with Crippen molar-refractivity contribution in [1.29, 1.82) is 0 Å². The van der Waals surface area contributed by atoms with Crippen molar-refractivity contribution in [3.05, 3.63) is 35.4 Å². The predicted octanol–water partition coefficient (Wildman–Crippen LogP) is 1.08. The van der Waals surface area contributed by atoms with Gasteiger partial charge in [-0.15, -0.1) is 0 Å². The molecule has 1 atom stereocenters. The van der Waals surface area contributed by atoms with Gasteiger partial charge in [-0.3, -0.25) is 4.79 Å². The van der Waals surface area contributed by atoms with E-state index in [4.69, 9.17) is 10.8 Å². The second-order valence-corrected chi connectivity index (χ2v) is 4.76. The van der Waals surface area contributed by atoms with Gasteiger partial charge in [0.25, 0.3) is 0 Å². The van der Waals surface area contributed by atoms with Crippen LogP contribution in [0.15, 0.2) is 24.3 Å². The molecule has 1 rings (SSSR count). The quantitative estimate of drug-likeness (QED) is 0.715. The molecule has 0 aliphatic heterocycles. The Bertz CT molecular complexity index is 401. The maximum Gasteiger partial charge on any atom is 0.312 e. The smallest absolute Gasteiger partial charge is 0.312 e. The fourth-order valence-corrected chi connectivity index (χ4v) is 1.86. The highest BCUT2D eigenvalue weighted by atomic mass is 16.4. The van der Waals surface area contributed by atoms with E-state index in [0.717, 1.165) is 5.56 Å². The molecule has 4 N–H and O–H groups in total. The number of aliphatic hydroxyl groups excluding tert-OH is 1. The van der Waals surface area contributed by atoms with Crippen molar-refractivity contribution in [1.82, 2.24) is 0 Å². The van der Waals surface area contributed by atoms with Crippen molar-refractivity contribution in [3.63, 3.8) is 0 Å². The molecule has 0 amide bonds. The lowest BCUT2D eigenvalue weighted by molar-refractivity contribution is -0.138. The Labute approximate surface area is 101 Å². The number of aliphatic hydroxyl groups is 1. The second-order valence-electron chi connectivity index (χ2n) is 4.76. The highest BCUT2D eigenvalue weighted by Crippen LogP contribution is 2.30. The van der Waals surface area contributed by atoms with Crippen LogP contribution in [-0.4, -0.2) is 29.3 Å². The van der Waals surface area contributed by atoms with E-state index in [-0.39, 0.29) is 13.2 Å². The Kier molecular flexibility index (Phi) is 4.26. The van der Waals surface area contributed by atoms with Gasteiger partial charge in [-0.2, -0.15) is 0 Å². The summed E-state index contributed by atoms with van der Waals surface area (Å²) in [4.78, 5) is 11.2. The van der Waals surface area contributed by atoms with Gasteiger partial charge in [0.05, 0.1) is 12.5 Å². The van der Waals surface area contributed by atoms with Crippen LogP contribution in [0.1, 0.15) is 30.9 Å². The summed E-state index contributed by atoms with van der Waals surface area (Å²) >= 11 is 0. The highest BCUT2D eigenvalue weighted by Gasteiger charge is 2.28. The van der Waals surface area contributed by atoms with Crippen molar-refractivity contribution < 1.29 is 15.0 Å². The molecule has 0 saturated heterocycles. The number of carboxylic acids is 1. The summed E-state index contributed by atoms with van der Waals surface area (Å²) < 4.78 is 0. The van der Waals surface area contributed by atoms with Crippen LogP contribution < -0.4 is 5.73 Å². The minimum atomic E-state index is -0.936. The van der Waals surface area contributed by atoms with Gasteiger partial charge in [0.15, 0.2) is 0 Å². The topological polar surface area (TPSA) is 83.5 Å². The maximum atomic E-state index is 11.2. The van der Waals surface area contributed by atoms with Crippen LogP contribution in [0, 0.1) is 0 Å². The van der Waals surface area contributed by atoms with Crippen molar-refractivity contribution in [2.75, 3.05) is 13.2 Å². The van der Waals surface area contributed by atoms with Gasteiger partial charge in [0.2, 0.25) is 0 Å². The van der Waals surface area contributed by atoms with E-state index in [0.29, 0.717) is 5.56 Å². The minimum absolute atomic E-state index is 0.0408. The van der Waals surface area contributed by atoms with Gasteiger partial charge in [0, 0.05) is 12.0 Å². The van der Waals surface area contributed by atoms with Crippen LogP contribution >= 0.6 is 0 Å². The van der Waals surface area contributed by atoms with E-state index in [9.17, 15) is 9.90 Å². The first-order valence-electron chi connectivity index (χ1n) is 5.57. The first-order valence-corrected chi connectivity index (χ1v) is 5.57. The fraction of sp³-hybridized carbons (Fsp3) is 0.462. The maximum absolute atomic E-state index is 11.2. The molecule has 1 aromatic carbocycles. The van der Waals surface area contributed by atoms with E-state index < -0.39 is 17.3 Å². The van der Waals surface area contributed by atoms with Gasteiger partial charge >= 0.3 is 5.97 Å². The molecule has 0 aliphatic rings. The number of benzene rings is 1. The normalized spacial score (nSPS) is 13.4. The Balaban J connectivity index is 3.29. The Morgan fingerprint density at radius 3 is 2.47 bits per heavy atom. The molecule has 1 aromatic rings. The SMILES string of the molecule is CC(C)(CO)c1ccccc1C(CN)C(=O)O. The lowest BCUT2D eigenvalue weighted by Gasteiger charge is -2.27.